The zero-order valence-electron chi connectivity index (χ0n) is 13.1. The van der Waals surface area contributed by atoms with Gasteiger partial charge >= 0.3 is 0 Å². The van der Waals surface area contributed by atoms with Gasteiger partial charge < -0.3 is 5.32 Å². The summed E-state index contributed by atoms with van der Waals surface area (Å²) < 4.78 is 3.22. The van der Waals surface area contributed by atoms with Crippen molar-refractivity contribution in [2.24, 2.45) is 7.05 Å². The summed E-state index contributed by atoms with van der Waals surface area (Å²) in [7, 11) is 1.82. The minimum Gasteiger partial charge on any atom is -0.351 e. The van der Waals surface area contributed by atoms with Crippen LogP contribution in [0.2, 0.25) is 0 Å². The van der Waals surface area contributed by atoms with Crippen molar-refractivity contribution in [1.82, 2.24) is 40.3 Å². The SMILES string of the molecule is Cn1cnc(CCNC(=O)c2c(-n3cnnn3)sc3c2CCC3)n1. The molecule has 9 nitrogen and oxygen atoms in total. The Morgan fingerprint density at radius 3 is 3.04 bits per heavy atom. The average Bonchev–Trinajstić information content (AvgIpc) is 3.31. The zero-order valence-corrected chi connectivity index (χ0v) is 14.0. The molecule has 1 aliphatic carbocycles. The van der Waals surface area contributed by atoms with Gasteiger partial charge in [-0.25, -0.2) is 4.98 Å². The van der Waals surface area contributed by atoms with E-state index in [4.69, 9.17) is 0 Å². The van der Waals surface area contributed by atoms with Gasteiger partial charge in [0.1, 0.15) is 17.7 Å². The van der Waals surface area contributed by atoms with E-state index in [1.165, 1.54) is 11.2 Å². The number of hydrogen-bond acceptors (Lipinski definition) is 7. The Bertz CT molecular complexity index is 866. The number of nitrogens with zero attached hydrogens (tertiary/aromatic N) is 7. The van der Waals surface area contributed by atoms with Crippen LogP contribution in [0.15, 0.2) is 12.7 Å². The summed E-state index contributed by atoms with van der Waals surface area (Å²) in [4.78, 5) is 18.2. The molecule has 0 unspecified atom stereocenters. The Morgan fingerprint density at radius 2 is 2.29 bits per heavy atom. The molecule has 3 heterocycles. The highest BCUT2D eigenvalue weighted by atomic mass is 32.1. The summed E-state index contributed by atoms with van der Waals surface area (Å²) in [6.07, 6.45) is 6.81. The minimum atomic E-state index is -0.0872. The molecule has 10 heteroatoms. The highest BCUT2D eigenvalue weighted by molar-refractivity contribution is 7.15. The van der Waals surface area contributed by atoms with Crippen LogP contribution in [-0.2, 0) is 26.3 Å². The van der Waals surface area contributed by atoms with Crippen LogP contribution in [-0.4, -0.2) is 47.4 Å². The predicted molar refractivity (Wildman–Crippen MR) is 86.1 cm³/mol. The number of aromatic nitrogens is 7. The number of carbonyl (C=O) groups is 1. The molecule has 3 aromatic rings. The van der Waals surface area contributed by atoms with Gasteiger partial charge in [0, 0.05) is 24.9 Å². The van der Waals surface area contributed by atoms with Crippen molar-refractivity contribution in [3.8, 4) is 5.00 Å². The van der Waals surface area contributed by atoms with Crippen molar-refractivity contribution in [2.75, 3.05) is 6.54 Å². The number of nitrogens with one attached hydrogen (secondary N) is 1. The molecule has 1 amide bonds. The summed E-state index contributed by atoms with van der Waals surface area (Å²) in [5.41, 5.74) is 1.84. The van der Waals surface area contributed by atoms with E-state index in [2.05, 4.69) is 30.9 Å². The lowest BCUT2D eigenvalue weighted by Crippen LogP contribution is -2.27. The minimum absolute atomic E-state index is 0.0872. The lowest BCUT2D eigenvalue weighted by Gasteiger charge is -2.07. The maximum Gasteiger partial charge on any atom is 0.254 e. The first-order chi connectivity index (χ1) is 11.7. The molecule has 0 saturated carbocycles. The largest absolute Gasteiger partial charge is 0.351 e. The molecule has 0 radical (unpaired) electrons. The fourth-order valence-corrected chi connectivity index (χ4v) is 4.22. The van der Waals surface area contributed by atoms with Gasteiger partial charge in [0.15, 0.2) is 5.82 Å². The van der Waals surface area contributed by atoms with Gasteiger partial charge in [0.2, 0.25) is 0 Å². The van der Waals surface area contributed by atoms with Crippen molar-refractivity contribution in [1.29, 1.82) is 0 Å². The van der Waals surface area contributed by atoms with E-state index in [0.29, 0.717) is 24.4 Å². The molecular weight excluding hydrogens is 328 g/mol. The summed E-state index contributed by atoms with van der Waals surface area (Å²) in [5.74, 6) is 0.630. The van der Waals surface area contributed by atoms with Crippen LogP contribution in [0.1, 0.15) is 33.0 Å². The molecule has 0 spiro atoms. The number of amides is 1. The molecule has 24 heavy (non-hydrogen) atoms. The molecule has 3 aromatic heterocycles. The molecule has 1 aliphatic rings. The molecule has 0 saturated heterocycles. The Labute approximate surface area is 141 Å². The maximum atomic E-state index is 12.7. The number of carbonyl (C=O) groups excluding carboxylic acids is 1. The third-order valence-electron chi connectivity index (χ3n) is 3.97. The zero-order chi connectivity index (χ0) is 16.5. The molecule has 0 fully saturated rings. The molecule has 1 N–H and O–H groups in total. The van der Waals surface area contributed by atoms with Gasteiger partial charge in [-0.05, 0) is 35.3 Å². The predicted octanol–water partition coefficient (Wildman–Crippen LogP) is 0.313. The lowest BCUT2D eigenvalue weighted by molar-refractivity contribution is 0.0953. The van der Waals surface area contributed by atoms with Crippen LogP contribution in [0.25, 0.3) is 5.00 Å². The van der Waals surface area contributed by atoms with E-state index in [1.54, 1.807) is 27.0 Å². The van der Waals surface area contributed by atoms with Crippen LogP contribution in [0.4, 0.5) is 0 Å². The quantitative estimate of drug-likeness (QED) is 0.715. The number of fused-ring (bicyclic) bond motifs is 1. The Morgan fingerprint density at radius 1 is 1.38 bits per heavy atom. The third kappa shape index (κ3) is 2.68. The van der Waals surface area contributed by atoms with Crippen LogP contribution >= 0.6 is 11.3 Å². The number of rotatable bonds is 5. The Balaban J connectivity index is 1.53. The van der Waals surface area contributed by atoms with Crippen LogP contribution < -0.4 is 5.32 Å². The summed E-state index contributed by atoms with van der Waals surface area (Å²) in [6, 6.07) is 0. The topological polar surface area (TPSA) is 103 Å². The summed E-state index contributed by atoms with van der Waals surface area (Å²) >= 11 is 1.60. The van der Waals surface area contributed by atoms with Crippen molar-refractivity contribution in [2.45, 2.75) is 25.7 Å². The number of aryl methyl sites for hydroxylation is 2. The average molecular weight is 344 g/mol. The van der Waals surface area contributed by atoms with Crippen LogP contribution in [0.5, 0.6) is 0 Å². The van der Waals surface area contributed by atoms with Crippen molar-refractivity contribution < 1.29 is 4.79 Å². The number of tetrazole rings is 1. The smallest absolute Gasteiger partial charge is 0.254 e. The normalized spacial score (nSPS) is 13.2. The van der Waals surface area contributed by atoms with Crippen molar-refractivity contribution in [3.63, 3.8) is 0 Å². The van der Waals surface area contributed by atoms with Crippen molar-refractivity contribution >= 4 is 17.2 Å². The van der Waals surface area contributed by atoms with E-state index < -0.39 is 0 Å². The lowest BCUT2D eigenvalue weighted by atomic mass is 10.1. The van der Waals surface area contributed by atoms with Gasteiger partial charge in [0.05, 0.1) is 5.56 Å². The standard InChI is InChI=1S/C14H16N8OS/c1-21-7-16-11(18-21)5-6-15-13(23)12-9-3-2-4-10(9)24-14(12)22-8-17-19-20-22/h7-8H,2-6H2,1H3,(H,15,23). The summed E-state index contributed by atoms with van der Waals surface area (Å²) in [5, 5.41) is 19.3. The second kappa shape index (κ2) is 6.11. The van der Waals surface area contributed by atoms with E-state index in [-0.39, 0.29) is 5.91 Å². The van der Waals surface area contributed by atoms with Gasteiger partial charge in [-0.15, -0.1) is 16.4 Å². The van der Waals surface area contributed by atoms with Crippen LogP contribution in [0.3, 0.4) is 0 Å². The van der Waals surface area contributed by atoms with Gasteiger partial charge in [-0.2, -0.15) is 9.78 Å². The first-order valence-corrected chi connectivity index (χ1v) is 8.54. The fourth-order valence-electron chi connectivity index (χ4n) is 2.91. The Hall–Kier alpha value is -2.62. The molecule has 124 valence electrons. The molecule has 4 rings (SSSR count). The number of hydrogen-bond donors (Lipinski definition) is 1. The number of thiophene rings is 1. The Kier molecular flexibility index (Phi) is 3.81. The molecular formula is C14H16N8OS. The van der Waals surface area contributed by atoms with Gasteiger partial charge in [-0.1, -0.05) is 0 Å². The second-order valence-corrected chi connectivity index (χ2v) is 6.72. The van der Waals surface area contributed by atoms with Crippen LogP contribution in [0, 0.1) is 0 Å². The molecule has 0 aliphatic heterocycles. The first-order valence-electron chi connectivity index (χ1n) is 7.73. The highest BCUT2D eigenvalue weighted by Crippen LogP contribution is 2.37. The second-order valence-electron chi connectivity index (χ2n) is 5.63. The monoisotopic (exact) mass is 344 g/mol. The molecule has 0 aromatic carbocycles. The third-order valence-corrected chi connectivity index (χ3v) is 5.25. The molecule has 0 bridgehead atoms. The van der Waals surface area contributed by atoms with E-state index in [9.17, 15) is 4.79 Å². The molecule has 0 atom stereocenters. The summed E-state index contributed by atoms with van der Waals surface area (Å²) in [6.45, 7) is 0.489. The van der Waals surface area contributed by atoms with Crippen molar-refractivity contribution in [3.05, 3.63) is 34.5 Å². The van der Waals surface area contributed by atoms with Gasteiger partial charge in [-0.3, -0.25) is 9.48 Å². The van der Waals surface area contributed by atoms with E-state index in [1.807, 2.05) is 7.05 Å². The maximum absolute atomic E-state index is 12.7. The highest BCUT2D eigenvalue weighted by Gasteiger charge is 2.27. The van der Waals surface area contributed by atoms with Gasteiger partial charge in [0.25, 0.3) is 5.91 Å². The van der Waals surface area contributed by atoms with E-state index >= 15 is 0 Å². The van der Waals surface area contributed by atoms with E-state index in [0.717, 1.165) is 29.8 Å². The first kappa shape index (κ1) is 14.9. The fraction of sp³-hybridized carbons (Fsp3) is 0.429.